The van der Waals surface area contributed by atoms with E-state index in [-0.39, 0.29) is 11.9 Å². The molecular weight excluding hydrogens is 262 g/mol. The average Bonchev–Trinajstić information content (AvgIpc) is 2.30. The van der Waals surface area contributed by atoms with Crippen LogP contribution in [0.1, 0.15) is 19.4 Å². The molecule has 1 amide bonds. The summed E-state index contributed by atoms with van der Waals surface area (Å²) in [6, 6.07) is 5.88. The van der Waals surface area contributed by atoms with Crippen LogP contribution in [0.4, 0.5) is 5.69 Å². The minimum absolute atomic E-state index is 0.00730. The largest absolute Gasteiger partial charge is 0.365 e. The summed E-state index contributed by atoms with van der Waals surface area (Å²) in [5.41, 5.74) is 1.98. The lowest BCUT2D eigenvalue weighted by atomic mass is 10.1. The highest BCUT2D eigenvalue weighted by atomic mass is 35.5. The second-order valence-electron chi connectivity index (χ2n) is 4.85. The van der Waals surface area contributed by atoms with E-state index in [0.29, 0.717) is 18.1 Å². The first-order valence-corrected chi connectivity index (χ1v) is 6.76. The summed E-state index contributed by atoms with van der Waals surface area (Å²) in [5, 5.41) is 6.69. The van der Waals surface area contributed by atoms with Gasteiger partial charge in [0.05, 0.1) is 6.54 Å². The first-order chi connectivity index (χ1) is 8.95. The van der Waals surface area contributed by atoms with Crippen molar-refractivity contribution in [3.63, 3.8) is 0 Å². The summed E-state index contributed by atoms with van der Waals surface area (Å²) in [6.07, 6.45) is 0. The Morgan fingerprint density at radius 2 is 2.11 bits per heavy atom. The first-order valence-electron chi connectivity index (χ1n) is 6.38. The Morgan fingerprint density at radius 1 is 1.42 bits per heavy atom. The van der Waals surface area contributed by atoms with Crippen LogP contribution in [-0.4, -0.2) is 32.6 Å². The third kappa shape index (κ3) is 4.73. The Hall–Kier alpha value is -1.26. The van der Waals surface area contributed by atoms with Crippen LogP contribution >= 0.6 is 11.6 Å². The number of nitrogens with zero attached hydrogens (tertiary/aromatic N) is 1. The van der Waals surface area contributed by atoms with Crippen molar-refractivity contribution in [3.8, 4) is 0 Å². The van der Waals surface area contributed by atoms with Gasteiger partial charge in [-0.1, -0.05) is 17.7 Å². The molecule has 0 aliphatic carbocycles. The number of likely N-dealkylation sites (N-methyl/N-ethyl adjacent to an activating group) is 1. The fourth-order valence-corrected chi connectivity index (χ4v) is 2.16. The minimum Gasteiger partial charge on any atom is -0.365 e. The van der Waals surface area contributed by atoms with Gasteiger partial charge >= 0.3 is 0 Å². The van der Waals surface area contributed by atoms with Gasteiger partial charge < -0.3 is 15.5 Å². The van der Waals surface area contributed by atoms with Gasteiger partial charge in [0.25, 0.3) is 0 Å². The topological polar surface area (TPSA) is 44.4 Å². The molecule has 0 saturated carbocycles. The normalized spacial score (nSPS) is 10.6. The van der Waals surface area contributed by atoms with Crippen molar-refractivity contribution < 1.29 is 4.79 Å². The highest BCUT2D eigenvalue weighted by Crippen LogP contribution is 2.26. The van der Waals surface area contributed by atoms with Gasteiger partial charge in [0.15, 0.2) is 0 Å². The molecule has 0 fully saturated rings. The molecule has 0 aromatic heterocycles. The maximum absolute atomic E-state index is 11.8. The maximum atomic E-state index is 11.8. The Kier molecular flexibility index (Phi) is 6.12. The number of nitrogens with one attached hydrogen (secondary N) is 2. The minimum atomic E-state index is 0.00730. The van der Waals surface area contributed by atoms with Crippen molar-refractivity contribution in [2.75, 3.05) is 25.5 Å². The van der Waals surface area contributed by atoms with Gasteiger partial charge in [0, 0.05) is 35.9 Å². The third-order valence-electron chi connectivity index (χ3n) is 2.69. The van der Waals surface area contributed by atoms with Gasteiger partial charge in [-0.3, -0.25) is 4.79 Å². The van der Waals surface area contributed by atoms with E-state index in [1.807, 2.05) is 51.0 Å². The van der Waals surface area contributed by atoms with Crippen molar-refractivity contribution in [1.29, 1.82) is 0 Å². The van der Waals surface area contributed by atoms with Crippen LogP contribution in [0.15, 0.2) is 18.2 Å². The van der Waals surface area contributed by atoms with Crippen LogP contribution in [0.25, 0.3) is 0 Å². The lowest BCUT2D eigenvalue weighted by Crippen LogP contribution is -2.39. The molecule has 0 radical (unpaired) electrons. The van der Waals surface area contributed by atoms with E-state index < -0.39 is 0 Å². The van der Waals surface area contributed by atoms with Crippen LogP contribution in [0, 0.1) is 0 Å². The number of halogens is 1. The van der Waals surface area contributed by atoms with E-state index in [0.717, 1.165) is 11.3 Å². The molecule has 0 unspecified atom stereocenters. The number of benzene rings is 1. The Morgan fingerprint density at radius 3 is 2.68 bits per heavy atom. The predicted molar refractivity (Wildman–Crippen MR) is 80.8 cm³/mol. The van der Waals surface area contributed by atoms with Crippen LogP contribution in [0.3, 0.4) is 0 Å². The molecule has 106 valence electrons. The average molecular weight is 284 g/mol. The van der Waals surface area contributed by atoms with Gasteiger partial charge in [-0.25, -0.2) is 0 Å². The van der Waals surface area contributed by atoms with Gasteiger partial charge in [0.1, 0.15) is 0 Å². The summed E-state index contributed by atoms with van der Waals surface area (Å²) in [6.45, 7) is 4.88. The zero-order chi connectivity index (χ0) is 14.4. The molecule has 19 heavy (non-hydrogen) atoms. The predicted octanol–water partition coefficient (Wildman–Crippen LogP) is 2.02. The summed E-state index contributed by atoms with van der Waals surface area (Å²) in [5.74, 6) is 0.00730. The van der Waals surface area contributed by atoms with Gasteiger partial charge in [-0.05, 0) is 33.0 Å². The summed E-state index contributed by atoms with van der Waals surface area (Å²) in [4.78, 5) is 13.7. The lowest BCUT2D eigenvalue weighted by Gasteiger charge is -2.23. The highest BCUT2D eigenvalue weighted by molar-refractivity contribution is 6.31. The fourth-order valence-electron chi connectivity index (χ4n) is 1.92. The number of carbonyl (C=O) groups is 1. The molecule has 2 N–H and O–H groups in total. The molecule has 1 aromatic carbocycles. The van der Waals surface area contributed by atoms with Crippen LogP contribution in [0.5, 0.6) is 0 Å². The van der Waals surface area contributed by atoms with Crippen molar-refractivity contribution in [1.82, 2.24) is 10.6 Å². The van der Waals surface area contributed by atoms with E-state index in [4.69, 9.17) is 11.6 Å². The molecule has 0 aliphatic rings. The molecule has 0 bridgehead atoms. The number of carbonyl (C=O) groups excluding carboxylic acids is 1. The molecule has 1 aromatic rings. The zero-order valence-corrected chi connectivity index (χ0v) is 12.7. The quantitative estimate of drug-likeness (QED) is 0.840. The molecule has 5 heteroatoms. The second-order valence-corrected chi connectivity index (χ2v) is 5.25. The molecule has 0 saturated heterocycles. The summed E-state index contributed by atoms with van der Waals surface area (Å²) >= 11 is 6.21. The fraction of sp³-hybridized carbons (Fsp3) is 0.500. The number of hydrogen-bond acceptors (Lipinski definition) is 3. The van der Waals surface area contributed by atoms with Crippen molar-refractivity contribution in [2.24, 2.45) is 0 Å². The molecule has 0 aliphatic heterocycles. The van der Waals surface area contributed by atoms with Gasteiger partial charge in [-0.15, -0.1) is 0 Å². The third-order valence-corrected chi connectivity index (χ3v) is 3.04. The lowest BCUT2D eigenvalue weighted by molar-refractivity contribution is -0.120. The van der Waals surface area contributed by atoms with E-state index in [1.165, 1.54) is 0 Å². The maximum Gasteiger partial charge on any atom is 0.239 e. The van der Waals surface area contributed by atoms with Crippen molar-refractivity contribution >= 4 is 23.2 Å². The van der Waals surface area contributed by atoms with Gasteiger partial charge in [0.2, 0.25) is 5.91 Å². The van der Waals surface area contributed by atoms with E-state index in [2.05, 4.69) is 10.6 Å². The van der Waals surface area contributed by atoms with E-state index in [1.54, 1.807) is 0 Å². The number of hydrogen-bond donors (Lipinski definition) is 2. The van der Waals surface area contributed by atoms with Crippen molar-refractivity contribution in [3.05, 3.63) is 28.8 Å². The first kappa shape index (κ1) is 15.8. The van der Waals surface area contributed by atoms with E-state index in [9.17, 15) is 4.79 Å². The summed E-state index contributed by atoms with van der Waals surface area (Å²) in [7, 11) is 3.77. The Bertz CT molecular complexity index is 435. The number of rotatable bonds is 6. The molecule has 4 nitrogen and oxygen atoms in total. The van der Waals surface area contributed by atoms with Crippen molar-refractivity contribution in [2.45, 2.75) is 26.4 Å². The van der Waals surface area contributed by atoms with E-state index >= 15 is 0 Å². The molecular formula is C14H22ClN3O. The zero-order valence-electron chi connectivity index (χ0n) is 12.0. The smallest absolute Gasteiger partial charge is 0.239 e. The van der Waals surface area contributed by atoms with Crippen LogP contribution in [0.2, 0.25) is 5.02 Å². The second kappa shape index (κ2) is 7.36. The molecule has 0 heterocycles. The summed E-state index contributed by atoms with van der Waals surface area (Å²) < 4.78 is 0. The monoisotopic (exact) mass is 283 g/mol. The molecule has 1 rings (SSSR count). The highest BCUT2D eigenvalue weighted by Gasteiger charge is 2.13. The Balaban J connectivity index is 2.84. The number of amides is 1. The Labute approximate surface area is 120 Å². The standard InChI is InChI=1S/C14H22ClN3O/c1-10(2)17-14(19)9-18(4)13-7-5-6-12(15)11(13)8-16-3/h5-7,10,16H,8-9H2,1-4H3,(H,17,19). The molecule has 0 spiro atoms. The number of anilines is 1. The van der Waals surface area contributed by atoms with Crippen LogP contribution in [-0.2, 0) is 11.3 Å². The van der Waals surface area contributed by atoms with Gasteiger partial charge in [-0.2, -0.15) is 0 Å². The SMILES string of the molecule is CNCc1c(Cl)cccc1N(C)CC(=O)NC(C)C. The van der Waals surface area contributed by atoms with Crippen LogP contribution < -0.4 is 15.5 Å². The molecule has 0 atom stereocenters.